The van der Waals surface area contributed by atoms with E-state index in [9.17, 15) is 9.59 Å². The molecule has 0 aromatic carbocycles. The molecule has 2 aliphatic heterocycles. The summed E-state index contributed by atoms with van der Waals surface area (Å²) in [6.45, 7) is 3.68. The Hall–Kier alpha value is -0.780. The van der Waals surface area contributed by atoms with Crippen molar-refractivity contribution in [2.45, 2.75) is 6.42 Å². The lowest BCUT2D eigenvalue weighted by molar-refractivity contribution is -0.148. The summed E-state index contributed by atoms with van der Waals surface area (Å²) in [4.78, 5) is 22.4. The Bertz CT molecular complexity index is 232. The highest BCUT2D eigenvalue weighted by Crippen LogP contribution is 2.08. The van der Waals surface area contributed by atoms with Gasteiger partial charge in [0.2, 0.25) is 0 Å². The summed E-state index contributed by atoms with van der Waals surface area (Å²) in [5.74, 6) is 0.0421. The molecule has 2 rings (SSSR count). The van der Waals surface area contributed by atoms with Gasteiger partial charge in [-0.05, 0) is 0 Å². The van der Waals surface area contributed by atoms with Crippen molar-refractivity contribution in [2.75, 3.05) is 39.4 Å². The maximum Gasteiger partial charge on any atom is 0.155 e. The molecule has 0 aliphatic carbocycles. The summed E-state index contributed by atoms with van der Waals surface area (Å²) in [7, 11) is 0. The fourth-order valence-electron chi connectivity index (χ4n) is 1.83. The molecule has 0 N–H and O–H groups in total. The summed E-state index contributed by atoms with van der Waals surface area (Å²) >= 11 is 0. The molecule has 0 saturated carbocycles. The summed E-state index contributed by atoms with van der Waals surface area (Å²) < 4.78 is 5.21. The van der Waals surface area contributed by atoms with E-state index in [0.29, 0.717) is 26.3 Å². The Balaban J connectivity index is 1.95. The second kappa shape index (κ2) is 4.16. The Morgan fingerprint density at radius 3 is 2.07 bits per heavy atom. The zero-order valence-electron chi connectivity index (χ0n) is 8.07. The molecule has 0 bridgehead atoms. The number of hydrogen-bond acceptors (Lipinski definition) is 5. The number of hydrogen-bond donors (Lipinski definition) is 0. The number of Topliss-reactive ketones (excluding diaryl/α,β-unsaturated/α-hetero) is 2. The van der Waals surface area contributed by atoms with Crippen LogP contribution in [0.3, 0.4) is 0 Å². The van der Waals surface area contributed by atoms with Gasteiger partial charge in [0.1, 0.15) is 0 Å². The van der Waals surface area contributed by atoms with Crippen LogP contribution in [0.5, 0.6) is 0 Å². The number of nitrogens with zero attached hydrogens (tertiary/aromatic N) is 2. The van der Waals surface area contributed by atoms with E-state index in [1.165, 1.54) is 0 Å². The topological polar surface area (TPSA) is 49.9 Å². The minimum Gasteiger partial charge on any atom is -0.379 e. The van der Waals surface area contributed by atoms with Crippen molar-refractivity contribution < 1.29 is 14.3 Å². The summed E-state index contributed by atoms with van der Waals surface area (Å²) in [5, 5.41) is 3.88. The van der Waals surface area contributed by atoms with Gasteiger partial charge in [-0.3, -0.25) is 9.59 Å². The average molecular weight is 198 g/mol. The van der Waals surface area contributed by atoms with Gasteiger partial charge in [0.15, 0.2) is 11.6 Å². The first-order valence-electron chi connectivity index (χ1n) is 4.86. The second-order valence-corrected chi connectivity index (χ2v) is 3.64. The first-order chi connectivity index (χ1) is 6.75. The van der Waals surface area contributed by atoms with Crippen molar-refractivity contribution in [3.05, 3.63) is 0 Å². The highest BCUT2D eigenvalue weighted by Gasteiger charge is 2.28. The molecule has 0 aromatic heterocycles. The molecule has 5 heteroatoms. The number of morpholine rings is 1. The minimum absolute atomic E-state index is 0.0211. The standard InChI is InChI=1S/C9H14N2O3/c12-8-5-9(13)7-11(6-8)10-1-3-14-4-2-10/h1-7H2. The Morgan fingerprint density at radius 1 is 0.929 bits per heavy atom. The van der Waals surface area contributed by atoms with Gasteiger partial charge < -0.3 is 4.74 Å². The minimum atomic E-state index is 0.0211. The first-order valence-corrected chi connectivity index (χ1v) is 4.86. The molecular weight excluding hydrogens is 184 g/mol. The van der Waals surface area contributed by atoms with E-state index in [1.54, 1.807) is 0 Å². The van der Waals surface area contributed by atoms with Crippen LogP contribution in [0.15, 0.2) is 0 Å². The van der Waals surface area contributed by atoms with E-state index in [2.05, 4.69) is 0 Å². The Labute approximate surface area is 82.6 Å². The van der Waals surface area contributed by atoms with Crippen LogP contribution in [0.1, 0.15) is 6.42 Å². The lowest BCUT2D eigenvalue weighted by Gasteiger charge is -2.38. The normalized spacial score (nSPS) is 26.9. The van der Waals surface area contributed by atoms with Crippen LogP contribution in [-0.2, 0) is 14.3 Å². The van der Waals surface area contributed by atoms with Gasteiger partial charge in [0.05, 0.1) is 32.7 Å². The molecule has 14 heavy (non-hydrogen) atoms. The largest absolute Gasteiger partial charge is 0.379 e. The molecule has 2 saturated heterocycles. The van der Waals surface area contributed by atoms with Crippen LogP contribution in [0.2, 0.25) is 0 Å². The van der Waals surface area contributed by atoms with E-state index < -0.39 is 0 Å². The van der Waals surface area contributed by atoms with Gasteiger partial charge in [0, 0.05) is 13.1 Å². The quantitative estimate of drug-likeness (QED) is 0.510. The predicted molar refractivity (Wildman–Crippen MR) is 48.6 cm³/mol. The van der Waals surface area contributed by atoms with Gasteiger partial charge in [0.25, 0.3) is 0 Å². The number of piperidine rings is 1. The SMILES string of the molecule is O=C1CC(=O)CN(N2CCOCC2)C1. The zero-order chi connectivity index (χ0) is 9.97. The number of ether oxygens (including phenoxy) is 1. The molecule has 0 amide bonds. The molecule has 2 aliphatic rings. The zero-order valence-corrected chi connectivity index (χ0v) is 8.07. The van der Waals surface area contributed by atoms with Crippen LogP contribution in [-0.4, -0.2) is 61.0 Å². The van der Waals surface area contributed by atoms with Gasteiger partial charge >= 0.3 is 0 Å². The Morgan fingerprint density at radius 2 is 1.50 bits per heavy atom. The highest BCUT2D eigenvalue weighted by atomic mass is 16.5. The maximum absolute atomic E-state index is 11.2. The molecule has 0 radical (unpaired) electrons. The smallest absolute Gasteiger partial charge is 0.155 e. The van der Waals surface area contributed by atoms with Gasteiger partial charge in [-0.15, -0.1) is 0 Å². The van der Waals surface area contributed by atoms with Gasteiger partial charge in [-0.25, -0.2) is 10.0 Å². The summed E-state index contributed by atoms with van der Waals surface area (Å²) in [6.07, 6.45) is 0.112. The molecule has 5 nitrogen and oxygen atoms in total. The van der Waals surface area contributed by atoms with E-state index in [0.717, 1.165) is 13.1 Å². The van der Waals surface area contributed by atoms with Crippen LogP contribution in [0.25, 0.3) is 0 Å². The molecule has 2 heterocycles. The van der Waals surface area contributed by atoms with Gasteiger partial charge in [-0.1, -0.05) is 0 Å². The second-order valence-electron chi connectivity index (χ2n) is 3.64. The highest BCUT2D eigenvalue weighted by molar-refractivity contribution is 6.02. The van der Waals surface area contributed by atoms with Crippen LogP contribution >= 0.6 is 0 Å². The van der Waals surface area contributed by atoms with Crippen molar-refractivity contribution in [1.82, 2.24) is 10.0 Å². The third-order valence-corrected chi connectivity index (χ3v) is 2.50. The van der Waals surface area contributed by atoms with Crippen LogP contribution < -0.4 is 0 Å². The van der Waals surface area contributed by atoms with Crippen molar-refractivity contribution in [1.29, 1.82) is 0 Å². The maximum atomic E-state index is 11.2. The summed E-state index contributed by atoms with van der Waals surface area (Å²) in [5.41, 5.74) is 0. The van der Waals surface area contributed by atoms with E-state index in [1.807, 2.05) is 10.0 Å². The monoisotopic (exact) mass is 198 g/mol. The number of rotatable bonds is 1. The molecular formula is C9H14N2O3. The number of carbonyl (C=O) groups is 2. The molecule has 78 valence electrons. The lowest BCUT2D eigenvalue weighted by Crippen LogP contribution is -2.54. The molecule has 0 atom stereocenters. The average Bonchev–Trinajstić information content (AvgIpc) is 2.18. The molecule has 0 spiro atoms. The van der Waals surface area contributed by atoms with Crippen LogP contribution in [0, 0.1) is 0 Å². The van der Waals surface area contributed by atoms with E-state index in [-0.39, 0.29) is 18.0 Å². The van der Waals surface area contributed by atoms with E-state index >= 15 is 0 Å². The van der Waals surface area contributed by atoms with Crippen molar-refractivity contribution in [3.8, 4) is 0 Å². The van der Waals surface area contributed by atoms with Crippen molar-refractivity contribution >= 4 is 11.6 Å². The lowest BCUT2D eigenvalue weighted by atomic mass is 10.1. The third-order valence-electron chi connectivity index (χ3n) is 2.50. The first kappa shape index (κ1) is 9.76. The van der Waals surface area contributed by atoms with Gasteiger partial charge in [-0.2, -0.15) is 0 Å². The predicted octanol–water partition coefficient (Wildman–Crippen LogP) is -0.922. The fourth-order valence-corrected chi connectivity index (χ4v) is 1.83. The molecule has 0 aromatic rings. The number of hydrazine groups is 1. The number of carbonyl (C=O) groups excluding carboxylic acids is 2. The summed E-state index contributed by atoms with van der Waals surface area (Å²) in [6, 6.07) is 0. The number of ketones is 2. The van der Waals surface area contributed by atoms with Crippen molar-refractivity contribution in [3.63, 3.8) is 0 Å². The fraction of sp³-hybridized carbons (Fsp3) is 0.778. The van der Waals surface area contributed by atoms with Crippen molar-refractivity contribution in [2.24, 2.45) is 0 Å². The molecule has 2 fully saturated rings. The Kier molecular flexibility index (Phi) is 2.90. The molecule has 0 unspecified atom stereocenters. The third kappa shape index (κ3) is 2.17. The van der Waals surface area contributed by atoms with Crippen LogP contribution in [0.4, 0.5) is 0 Å². The van der Waals surface area contributed by atoms with E-state index in [4.69, 9.17) is 4.74 Å².